The lowest BCUT2D eigenvalue weighted by Gasteiger charge is -2.21. The van der Waals surface area contributed by atoms with Crippen LogP contribution in [0.25, 0.3) is 0 Å². The second kappa shape index (κ2) is 11.2. The molecule has 0 radical (unpaired) electrons. The standard InChI is InChI=1S/C22H32N4O3S/c1-4-23-22(26(2)15-21-25-17-7-5-6-8-20(17)30-21)24-14-16-9-10-18(29-12-11-27)19(13-16)28-3/h9-10,13,27H,4-8,11-12,14-15H2,1-3H3,(H,23,24). The minimum atomic E-state index is -0.0321. The normalized spacial score (nSPS) is 13.7. The van der Waals surface area contributed by atoms with Gasteiger partial charge < -0.3 is 24.8 Å². The predicted molar refractivity (Wildman–Crippen MR) is 121 cm³/mol. The molecule has 0 saturated carbocycles. The Hall–Kier alpha value is -2.32. The molecular formula is C22H32N4O3S. The number of ether oxygens (including phenoxy) is 2. The van der Waals surface area contributed by atoms with E-state index in [1.807, 2.05) is 36.6 Å². The number of methoxy groups -OCH3 is 1. The zero-order chi connectivity index (χ0) is 21.3. The SMILES string of the molecule is CCNC(=NCc1ccc(OCCO)c(OC)c1)N(C)Cc1nc2c(s1)CCCC2. The lowest BCUT2D eigenvalue weighted by molar-refractivity contribution is 0.196. The second-order valence-electron chi connectivity index (χ2n) is 7.27. The first kappa shape index (κ1) is 22.4. The number of thiazole rings is 1. The number of aromatic nitrogens is 1. The average molecular weight is 433 g/mol. The van der Waals surface area contributed by atoms with Gasteiger partial charge in [0, 0.05) is 18.5 Å². The van der Waals surface area contributed by atoms with Crippen molar-refractivity contribution in [2.45, 2.75) is 45.7 Å². The molecular weight excluding hydrogens is 400 g/mol. The molecule has 0 atom stereocenters. The number of nitrogens with one attached hydrogen (secondary N) is 1. The maximum atomic E-state index is 8.95. The number of fused-ring (bicyclic) bond motifs is 1. The third kappa shape index (κ3) is 5.86. The largest absolute Gasteiger partial charge is 0.493 e. The van der Waals surface area contributed by atoms with Crippen molar-refractivity contribution in [2.24, 2.45) is 4.99 Å². The summed E-state index contributed by atoms with van der Waals surface area (Å²) in [7, 11) is 3.66. The molecule has 8 heteroatoms. The van der Waals surface area contributed by atoms with E-state index in [4.69, 9.17) is 24.6 Å². The van der Waals surface area contributed by atoms with E-state index in [-0.39, 0.29) is 13.2 Å². The van der Waals surface area contributed by atoms with Crippen LogP contribution in [-0.4, -0.2) is 54.9 Å². The smallest absolute Gasteiger partial charge is 0.194 e. The van der Waals surface area contributed by atoms with Crippen LogP contribution in [0.2, 0.25) is 0 Å². The number of aliphatic hydroxyl groups excluding tert-OH is 1. The van der Waals surface area contributed by atoms with Crippen molar-refractivity contribution in [1.82, 2.24) is 15.2 Å². The van der Waals surface area contributed by atoms with Gasteiger partial charge in [0.2, 0.25) is 0 Å². The van der Waals surface area contributed by atoms with Gasteiger partial charge in [-0.25, -0.2) is 9.98 Å². The molecule has 1 aromatic heterocycles. The number of hydrogen-bond acceptors (Lipinski definition) is 6. The molecule has 1 heterocycles. The van der Waals surface area contributed by atoms with Gasteiger partial charge in [0.25, 0.3) is 0 Å². The van der Waals surface area contributed by atoms with E-state index in [2.05, 4.69) is 17.1 Å². The van der Waals surface area contributed by atoms with Crippen LogP contribution in [0.4, 0.5) is 0 Å². The van der Waals surface area contributed by atoms with E-state index in [0.717, 1.165) is 36.0 Å². The molecule has 2 aromatic rings. The van der Waals surface area contributed by atoms with Gasteiger partial charge in [-0.3, -0.25) is 0 Å². The molecule has 0 unspecified atom stereocenters. The summed E-state index contributed by atoms with van der Waals surface area (Å²) in [5.41, 5.74) is 2.32. The molecule has 0 spiro atoms. The fourth-order valence-electron chi connectivity index (χ4n) is 3.47. The zero-order valence-corrected chi connectivity index (χ0v) is 18.9. The number of aryl methyl sites for hydroxylation is 2. The van der Waals surface area contributed by atoms with Crippen molar-refractivity contribution in [3.63, 3.8) is 0 Å². The summed E-state index contributed by atoms with van der Waals surface area (Å²) in [6.07, 6.45) is 4.82. The first-order chi connectivity index (χ1) is 14.6. The summed E-state index contributed by atoms with van der Waals surface area (Å²) in [4.78, 5) is 13.2. The molecule has 0 saturated heterocycles. The van der Waals surface area contributed by atoms with Gasteiger partial charge in [0.05, 0.1) is 32.5 Å². The maximum absolute atomic E-state index is 8.95. The van der Waals surface area contributed by atoms with Crippen LogP contribution in [0, 0.1) is 0 Å². The average Bonchev–Trinajstić information content (AvgIpc) is 3.17. The highest BCUT2D eigenvalue weighted by atomic mass is 32.1. The Morgan fingerprint density at radius 1 is 1.30 bits per heavy atom. The van der Waals surface area contributed by atoms with Crippen molar-refractivity contribution in [3.8, 4) is 11.5 Å². The van der Waals surface area contributed by atoms with Crippen LogP contribution in [-0.2, 0) is 25.9 Å². The molecule has 2 N–H and O–H groups in total. The van der Waals surface area contributed by atoms with Crippen molar-refractivity contribution in [2.75, 3.05) is 33.9 Å². The summed E-state index contributed by atoms with van der Waals surface area (Å²) in [6, 6.07) is 5.75. The number of hydrogen-bond donors (Lipinski definition) is 2. The summed E-state index contributed by atoms with van der Waals surface area (Å²) >= 11 is 1.84. The van der Waals surface area contributed by atoms with Gasteiger partial charge in [-0.1, -0.05) is 6.07 Å². The van der Waals surface area contributed by atoms with E-state index in [9.17, 15) is 0 Å². The van der Waals surface area contributed by atoms with Crippen molar-refractivity contribution in [1.29, 1.82) is 0 Å². The summed E-state index contributed by atoms with van der Waals surface area (Å²) in [5, 5.41) is 13.5. The molecule has 0 amide bonds. The highest BCUT2D eigenvalue weighted by molar-refractivity contribution is 7.11. The topological polar surface area (TPSA) is 79.2 Å². The minimum Gasteiger partial charge on any atom is -0.493 e. The van der Waals surface area contributed by atoms with Crippen LogP contribution >= 0.6 is 11.3 Å². The van der Waals surface area contributed by atoms with Crippen LogP contribution in [0.1, 0.15) is 40.9 Å². The lowest BCUT2D eigenvalue weighted by atomic mass is 10.0. The molecule has 0 bridgehead atoms. The van der Waals surface area contributed by atoms with Crippen molar-refractivity contribution in [3.05, 3.63) is 39.3 Å². The fraction of sp³-hybridized carbons (Fsp3) is 0.545. The van der Waals surface area contributed by atoms with E-state index >= 15 is 0 Å². The van der Waals surface area contributed by atoms with Crippen molar-refractivity contribution < 1.29 is 14.6 Å². The van der Waals surface area contributed by atoms with Crippen LogP contribution in [0.15, 0.2) is 23.2 Å². The number of nitrogens with zero attached hydrogens (tertiary/aromatic N) is 3. The molecule has 1 aliphatic carbocycles. The third-order valence-electron chi connectivity index (χ3n) is 4.95. The van der Waals surface area contributed by atoms with Gasteiger partial charge in [0.1, 0.15) is 11.6 Å². The number of aliphatic imine (C=N–C) groups is 1. The van der Waals surface area contributed by atoms with Gasteiger partial charge in [-0.05, 0) is 50.3 Å². The quantitative estimate of drug-likeness (QED) is 0.468. The number of rotatable bonds is 9. The highest BCUT2D eigenvalue weighted by Crippen LogP contribution is 2.29. The van der Waals surface area contributed by atoms with E-state index in [0.29, 0.717) is 18.0 Å². The zero-order valence-electron chi connectivity index (χ0n) is 18.1. The maximum Gasteiger partial charge on any atom is 0.194 e. The third-order valence-corrected chi connectivity index (χ3v) is 6.09. The van der Waals surface area contributed by atoms with E-state index < -0.39 is 0 Å². The Morgan fingerprint density at radius 2 is 2.13 bits per heavy atom. The van der Waals surface area contributed by atoms with E-state index in [1.54, 1.807) is 7.11 Å². The number of guanidine groups is 1. The Labute approximate surface area is 182 Å². The number of benzene rings is 1. The van der Waals surface area contributed by atoms with Gasteiger partial charge in [-0.15, -0.1) is 11.3 Å². The molecule has 164 valence electrons. The molecule has 30 heavy (non-hydrogen) atoms. The van der Waals surface area contributed by atoms with Crippen LogP contribution < -0.4 is 14.8 Å². The summed E-state index contributed by atoms with van der Waals surface area (Å²) in [5.74, 6) is 2.11. The summed E-state index contributed by atoms with van der Waals surface area (Å²) < 4.78 is 10.9. The van der Waals surface area contributed by atoms with Gasteiger partial charge >= 0.3 is 0 Å². The lowest BCUT2D eigenvalue weighted by Crippen LogP contribution is -2.38. The minimum absolute atomic E-state index is 0.0321. The summed E-state index contributed by atoms with van der Waals surface area (Å²) in [6.45, 7) is 4.36. The Morgan fingerprint density at radius 3 is 2.87 bits per heavy atom. The van der Waals surface area contributed by atoms with Crippen molar-refractivity contribution >= 4 is 17.3 Å². The molecule has 3 rings (SSSR count). The highest BCUT2D eigenvalue weighted by Gasteiger charge is 2.17. The first-order valence-corrected chi connectivity index (χ1v) is 11.3. The van der Waals surface area contributed by atoms with Gasteiger partial charge in [-0.2, -0.15) is 0 Å². The molecule has 0 aliphatic heterocycles. The Bertz CT molecular complexity index is 829. The second-order valence-corrected chi connectivity index (χ2v) is 8.44. The number of aliphatic hydroxyl groups is 1. The van der Waals surface area contributed by atoms with Gasteiger partial charge in [0.15, 0.2) is 17.5 Å². The molecule has 1 aromatic carbocycles. The fourth-order valence-corrected chi connectivity index (χ4v) is 4.68. The Kier molecular flexibility index (Phi) is 8.33. The Balaban J connectivity index is 1.68. The first-order valence-electron chi connectivity index (χ1n) is 10.5. The monoisotopic (exact) mass is 432 g/mol. The molecule has 7 nitrogen and oxygen atoms in total. The molecule has 0 fully saturated rings. The van der Waals surface area contributed by atoms with Crippen LogP contribution in [0.3, 0.4) is 0 Å². The van der Waals surface area contributed by atoms with E-state index in [1.165, 1.54) is 29.8 Å². The van der Waals surface area contributed by atoms with Crippen LogP contribution in [0.5, 0.6) is 11.5 Å². The predicted octanol–water partition coefficient (Wildman–Crippen LogP) is 3.00. The molecule has 1 aliphatic rings.